The van der Waals surface area contributed by atoms with Gasteiger partial charge in [0.05, 0.1) is 10.9 Å². The van der Waals surface area contributed by atoms with Crippen LogP contribution in [0.5, 0.6) is 5.75 Å². The van der Waals surface area contributed by atoms with Gasteiger partial charge < -0.3 is 9.15 Å². The molecule has 0 spiro atoms. The van der Waals surface area contributed by atoms with Crippen LogP contribution in [-0.4, -0.2) is 6.10 Å². The molecule has 2 aliphatic rings. The van der Waals surface area contributed by atoms with E-state index in [1.165, 1.54) is 18.4 Å². The van der Waals surface area contributed by atoms with Crippen molar-refractivity contribution in [1.82, 2.24) is 0 Å². The van der Waals surface area contributed by atoms with Crippen LogP contribution >= 0.6 is 0 Å². The lowest BCUT2D eigenvalue weighted by Gasteiger charge is -2.42. The summed E-state index contributed by atoms with van der Waals surface area (Å²) >= 11 is 0. The molecular weight excluding hydrogens is 312 g/mol. The molecule has 2 heterocycles. The van der Waals surface area contributed by atoms with Crippen LogP contribution < -0.4 is 10.4 Å². The van der Waals surface area contributed by atoms with Crippen molar-refractivity contribution in [2.45, 2.75) is 37.7 Å². The average Bonchev–Trinajstić information content (AvgIpc) is 2.67. The summed E-state index contributed by atoms with van der Waals surface area (Å²) in [5, 5.41) is 0.905. The van der Waals surface area contributed by atoms with Crippen molar-refractivity contribution in [1.29, 1.82) is 0 Å². The minimum atomic E-state index is -0.258. The number of fused-ring (bicyclic) bond motifs is 4. The van der Waals surface area contributed by atoms with E-state index in [0.717, 1.165) is 24.0 Å². The Morgan fingerprint density at radius 3 is 2.52 bits per heavy atom. The molecule has 3 nitrogen and oxygen atoms in total. The highest BCUT2D eigenvalue weighted by Gasteiger charge is 2.43. The first-order valence-electron chi connectivity index (χ1n) is 9.10. The molecule has 0 radical (unpaired) electrons. The van der Waals surface area contributed by atoms with Crippen molar-refractivity contribution in [3.8, 4) is 5.75 Å². The molecular formula is C22H20O3. The zero-order valence-corrected chi connectivity index (χ0v) is 14.0. The van der Waals surface area contributed by atoms with E-state index < -0.39 is 0 Å². The number of hydrogen-bond acceptors (Lipinski definition) is 3. The lowest BCUT2D eigenvalue weighted by molar-refractivity contribution is 0.0636. The maximum Gasteiger partial charge on any atom is 0.343 e. The third-order valence-corrected chi connectivity index (χ3v) is 5.72. The Morgan fingerprint density at radius 2 is 1.64 bits per heavy atom. The van der Waals surface area contributed by atoms with Gasteiger partial charge >= 0.3 is 5.63 Å². The number of benzene rings is 2. The van der Waals surface area contributed by atoms with Gasteiger partial charge in [0.15, 0.2) is 0 Å². The monoisotopic (exact) mass is 332 g/mol. The summed E-state index contributed by atoms with van der Waals surface area (Å²) in [4.78, 5) is 12.9. The molecule has 1 saturated carbocycles. The van der Waals surface area contributed by atoms with Gasteiger partial charge in [-0.05, 0) is 37.0 Å². The average molecular weight is 332 g/mol. The molecule has 1 aromatic heterocycles. The summed E-state index contributed by atoms with van der Waals surface area (Å²) in [6.07, 6.45) is 4.72. The molecule has 0 bridgehead atoms. The smallest absolute Gasteiger partial charge is 0.343 e. The molecule has 126 valence electrons. The number of ether oxygens (including phenoxy) is 1. The summed E-state index contributed by atoms with van der Waals surface area (Å²) < 4.78 is 12.1. The molecule has 3 aromatic rings. The predicted octanol–water partition coefficient (Wildman–Crippen LogP) is 4.88. The van der Waals surface area contributed by atoms with Crippen molar-refractivity contribution in [2.75, 3.05) is 0 Å². The fourth-order valence-corrected chi connectivity index (χ4v) is 4.62. The fraction of sp³-hybridized carbons (Fsp3) is 0.318. The van der Waals surface area contributed by atoms with Gasteiger partial charge in [-0.25, -0.2) is 4.79 Å². The maximum atomic E-state index is 12.9. The van der Waals surface area contributed by atoms with Crippen LogP contribution in [0.15, 0.2) is 63.8 Å². The summed E-state index contributed by atoms with van der Waals surface area (Å²) in [5.74, 6) is 1.13. The van der Waals surface area contributed by atoms with Crippen molar-refractivity contribution in [3.05, 3.63) is 76.1 Å². The van der Waals surface area contributed by atoms with Crippen molar-refractivity contribution in [2.24, 2.45) is 5.92 Å². The molecule has 5 rings (SSSR count). The Hall–Kier alpha value is -2.55. The van der Waals surface area contributed by atoms with E-state index in [1.807, 2.05) is 42.5 Å². The van der Waals surface area contributed by atoms with E-state index in [9.17, 15) is 4.79 Å². The van der Waals surface area contributed by atoms with Crippen molar-refractivity contribution in [3.63, 3.8) is 0 Å². The summed E-state index contributed by atoms with van der Waals surface area (Å²) in [5.41, 5.74) is 2.23. The minimum absolute atomic E-state index is 0.0520. The van der Waals surface area contributed by atoms with Gasteiger partial charge in [-0.3, -0.25) is 0 Å². The highest BCUT2D eigenvalue weighted by Crippen LogP contribution is 2.49. The molecule has 1 fully saturated rings. The molecule has 0 amide bonds. The third-order valence-electron chi connectivity index (χ3n) is 5.72. The molecule has 3 heteroatoms. The first kappa shape index (κ1) is 14.8. The van der Waals surface area contributed by atoms with Crippen molar-refractivity contribution < 1.29 is 9.15 Å². The summed E-state index contributed by atoms with van der Waals surface area (Å²) in [6.45, 7) is 0. The number of hydrogen-bond donors (Lipinski definition) is 0. The largest absolute Gasteiger partial charge is 0.489 e. The first-order chi connectivity index (χ1) is 12.3. The van der Waals surface area contributed by atoms with E-state index in [4.69, 9.17) is 9.15 Å². The molecule has 2 aromatic carbocycles. The highest BCUT2D eigenvalue weighted by molar-refractivity contribution is 5.85. The predicted molar refractivity (Wildman–Crippen MR) is 97.1 cm³/mol. The van der Waals surface area contributed by atoms with Gasteiger partial charge in [0, 0.05) is 11.8 Å². The Balaban J connectivity index is 1.81. The second-order valence-corrected chi connectivity index (χ2v) is 7.12. The van der Waals surface area contributed by atoms with Crippen LogP contribution in [0, 0.1) is 5.92 Å². The Labute approximate surface area is 146 Å². The van der Waals surface area contributed by atoms with Gasteiger partial charge in [0.2, 0.25) is 0 Å². The Bertz CT molecular complexity index is 973. The molecule has 0 N–H and O–H groups in total. The molecule has 25 heavy (non-hydrogen) atoms. The van der Waals surface area contributed by atoms with Crippen LogP contribution in [0.25, 0.3) is 11.0 Å². The van der Waals surface area contributed by atoms with Crippen molar-refractivity contribution >= 4 is 11.0 Å². The van der Waals surface area contributed by atoms with E-state index in [-0.39, 0.29) is 17.6 Å². The van der Waals surface area contributed by atoms with Crippen LogP contribution in [-0.2, 0) is 0 Å². The third kappa shape index (κ3) is 2.30. The highest BCUT2D eigenvalue weighted by atomic mass is 16.5. The molecule has 1 aliphatic heterocycles. The molecule has 3 unspecified atom stereocenters. The standard InChI is InChI=1S/C22H20O3/c23-22-20-19(14-8-2-1-3-9-14)15-10-4-6-12-17(15)24-21(20)16-11-5-7-13-18(16)25-22/h1-3,5,7-9,11,13,15,17,19H,4,6,10,12H2. The first-order valence-corrected chi connectivity index (χ1v) is 9.10. The van der Waals surface area contributed by atoms with Gasteiger partial charge in [-0.2, -0.15) is 0 Å². The summed E-state index contributed by atoms with van der Waals surface area (Å²) in [7, 11) is 0. The van der Waals surface area contributed by atoms with Crippen LogP contribution in [0.4, 0.5) is 0 Å². The number of rotatable bonds is 1. The molecule has 3 atom stereocenters. The zero-order valence-electron chi connectivity index (χ0n) is 14.0. The SMILES string of the molecule is O=c1oc2ccccc2c2c1C(c1ccccc1)C1CCCCC1O2. The van der Waals surface area contributed by atoms with Gasteiger partial charge in [0.25, 0.3) is 0 Å². The molecule has 1 aliphatic carbocycles. The van der Waals surface area contributed by atoms with E-state index in [1.54, 1.807) is 0 Å². The maximum absolute atomic E-state index is 12.9. The fourth-order valence-electron chi connectivity index (χ4n) is 4.62. The lowest BCUT2D eigenvalue weighted by atomic mass is 9.70. The Kier molecular flexibility index (Phi) is 3.40. The lowest BCUT2D eigenvalue weighted by Crippen LogP contribution is -2.41. The van der Waals surface area contributed by atoms with E-state index in [0.29, 0.717) is 17.1 Å². The Morgan fingerprint density at radius 1 is 0.880 bits per heavy atom. The van der Waals surface area contributed by atoms with Crippen LogP contribution in [0.1, 0.15) is 42.7 Å². The van der Waals surface area contributed by atoms with Crippen LogP contribution in [0.3, 0.4) is 0 Å². The van der Waals surface area contributed by atoms with E-state index >= 15 is 0 Å². The van der Waals surface area contributed by atoms with Gasteiger partial charge in [-0.15, -0.1) is 0 Å². The minimum Gasteiger partial charge on any atom is -0.489 e. The molecule has 0 saturated heterocycles. The second kappa shape index (κ2) is 5.76. The normalized spacial score (nSPS) is 25.0. The summed E-state index contributed by atoms with van der Waals surface area (Å²) in [6, 6.07) is 18.0. The van der Waals surface area contributed by atoms with Gasteiger partial charge in [0.1, 0.15) is 17.4 Å². The van der Waals surface area contributed by atoms with Gasteiger partial charge in [-0.1, -0.05) is 48.9 Å². The second-order valence-electron chi connectivity index (χ2n) is 7.12. The van der Waals surface area contributed by atoms with E-state index in [2.05, 4.69) is 12.1 Å². The quantitative estimate of drug-likeness (QED) is 0.596. The zero-order chi connectivity index (χ0) is 16.8. The van der Waals surface area contributed by atoms with Crippen LogP contribution in [0.2, 0.25) is 0 Å². The number of para-hydroxylation sites is 1. The topological polar surface area (TPSA) is 39.4 Å².